The number of aromatic nitrogens is 1. The van der Waals surface area contributed by atoms with Crippen molar-refractivity contribution in [3.63, 3.8) is 0 Å². The van der Waals surface area contributed by atoms with Gasteiger partial charge in [-0.3, -0.25) is 0 Å². The monoisotopic (exact) mass is 304 g/mol. The van der Waals surface area contributed by atoms with Crippen LogP contribution >= 0.6 is 15.9 Å². The van der Waals surface area contributed by atoms with Crippen molar-refractivity contribution < 1.29 is 0 Å². The fourth-order valence-electron chi connectivity index (χ4n) is 2.76. The number of halogens is 1. The molecule has 2 heterocycles. The Bertz CT molecular complexity index is 533. The fourth-order valence-corrected chi connectivity index (χ4v) is 3.29. The Balaban J connectivity index is 2.07. The van der Waals surface area contributed by atoms with E-state index in [1.807, 2.05) is 0 Å². The van der Waals surface area contributed by atoms with E-state index in [1.165, 1.54) is 21.3 Å². The molecule has 2 aromatic rings. The largest absolute Gasteiger partial charge is 0.363 e. The van der Waals surface area contributed by atoms with Crippen LogP contribution in [0, 0.1) is 0 Å². The number of H-pyrrole nitrogens is 1. The second kappa shape index (κ2) is 4.90. The predicted octanol–water partition coefficient (Wildman–Crippen LogP) is 3.40. The Kier molecular flexibility index (Phi) is 3.27. The molecule has 1 aromatic carbocycles. The van der Waals surface area contributed by atoms with Crippen LogP contribution in [0.15, 0.2) is 41.0 Å². The molecule has 1 atom stereocenters. The number of fused-ring (bicyclic) bond motifs is 1. The molecule has 0 spiro atoms. The van der Waals surface area contributed by atoms with Gasteiger partial charge in [0.15, 0.2) is 0 Å². The van der Waals surface area contributed by atoms with Crippen LogP contribution < -0.4 is 0 Å². The summed E-state index contributed by atoms with van der Waals surface area (Å²) < 4.78 is 1.22. The summed E-state index contributed by atoms with van der Waals surface area (Å²) in [5.74, 6) is 0.444. The molecule has 0 fully saturated rings. The Labute approximate surface area is 116 Å². The third-order valence-electron chi connectivity index (χ3n) is 3.76. The second-order valence-electron chi connectivity index (χ2n) is 5.00. The van der Waals surface area contributed by atoms with Crippen molar-refractivity contribution in [1.29, 1.82) is 0 Å². The molecular weight excluding hydrogens is 288 g/mol. The molecule has 1 aromatic heterocycles. The highest BCUT2D eigenvalue weighted by atomic mass is 79.9. The van der Waals surface area contributed by atoms with Gasteiger partial charge >= 0.3 is 0 Å². The molecule has 0 aliphatic carbocycles. The summed E-state index contributed by atoms with van der Waals surface area (Å²) in [5, 5.41) is 0. The van der Waals surface area contributed by atoms with Crippen molar-refractivity contribution in [1.82, 2.24) is 9.88 Å². The summed E-state index contributed by atoms with van der Waals surface area (Å²) in [5.41, 5.74) is 4.20. The summed E-state index contributed by atoms with van der Waals surface area (Å²) in [4.78, 5) is 5.88. The Hall–Kier alpha value is -1.06. The fraction of sp³-hybridized carbons (Fsp3) is 0.333. The van der Waals surface area contributed by atoms with E-state index in [0.717, 1.165) is 19.5 Å². The van der Waals surface area contributed by atoms with E-state index in [1.54, 1.807) is 0 Å². The minimum absolute atomic E-state index is 0.444. The molecule has 1 N–H and O–H groups in total. The first kappa shape index (κ1) is 12.0. The van der Waals surface area contributed by atoms with Gasteiger partial charge in [-0.1, -0.05) is 30.3 Å². The number of nitrogens with zero attached hydrogens (tertiary/aromatic N) is 1. The quantitative estimate of drug-likeness (QED) is 0.855. The molecule has 0 radical (unpaired) electrons. The van der Waals surface area contributed by atoms with Crippen LogP contribution in [0.1, 0.15) is 22.7 Å². The van der Waals surface area contributed by atoms with E-state index < -0.39 is 0 Å². The highest BCUT2D eigenvalue weighted by molar-refractivity contribution is 9.10. The van der Waals surface area contributed by atoms with Gasteiger partial charge in [0.1, 0.15) is 0 Å². The maximum absolute atomic E-state index is 3.66. The SMILES string of the molecule is CN1CCc2c(Br)c[nH]c2C(c2ccccc2)C1. The lowest BCUT2D eigenvalue weighted by atomic mass is 9.93. The lowest BCUT2D eigenvalue weighted by Crippen LogP contribution is -2.24. The Morgan fingerprint density at radius 3 is 2.83 bits per heavy atom. The number of likely N-dealkylation sites (N-methyl/N-ethyl adjacent to an activating group) is 1. The molecule has 1 aliphatic rings. The number of hydrogen-bond acceptors (Lipinski definition) is 1. The number of hydrogen-bond donors (Lipinski definition) is 1. The summed E-state index contributed by atoms with van der Waals surface area (Å²) in [6.45, 7) is 2.19. The molecule has 0 amide bonds. The number of rotatable bonds is 1. The van der Waals surface area contributed by atoms with Crippen molar-refractivity contribution in [2.45, 2.75) is 12.3 Å². The van der Waals surface area contributed by atoms with Gasteiger partial charge < -0.3 is 9.88 Å². The maximum atomic E-state index is 3.66. The van der Waals surface area contributed by atoms with Gasteiger partial charge in [-0.05, 0) is 40.5 Å². The molecule has 0 bridgehead atoms. The van der Waals surface area contributed by atoms with Gasteiger partial charge in [0.25, 0.3) is 0 Å². The third kappa shape index (κ3) is 2.13. The number of aromatic amines is 1. The average molecular weight is 305 g/mol. The Morgan fingerprint density at radius 2 is 2.06 bits per heavy atom. The van der Waals surface area contributed by atoms with E-state index in [0.29, 0.717) is 5.92 Å². The van der Waals surface area contributed by atoms with Gasteiger partial charge in [-0.2, -0.15) is 0 Å². The third-order valence-corrected chi connectivity index (χ3v) is 4.46. The smallest absolute Gasteiger partial charge is 0.0385 e. The van der Waals surface area contributed by atoms with Crippen LogP contribution in [0.2, 0.25) is 0 Å². The minimum atomic E-state index is 0.444. The zero-order valence-corrected chi connectivity index (χ0v) is 12.1. The zero-order valence-electron chi connectivity index (χ0n) is 10.5. The lowest BCUT2D eigenvalue weighted by molar-refractivity contribution is 0.336. The van der Waals surface area contributed by atoms with Gasteiger partial charge in [-0.15, -0.1) is 0 Å². The van der Waals surface area contributed by atoms with E-state index in [4.69, 9.17) is 0 Å². The van der Waals surface area contributed by atoms with Gasteiger partial charge in [0, 0.05) is 35.4 Å². The highest BCUT2D eigenvalue weighted by Gasteiger charge is 2.25. The summed E-state index contributed by atoms with van der Waals surface area (Å²) in [7, 11) is 2.20. The maximum Gasteiger partial charge on any atom is 0.0385 e. The molecule has 0 saturated heterocycles. The van der Waals surface area contributed by atoms with Crippen molar-refractivity contribution >= 4 is 15.9 Å². The van der Waals surface area contributed by atoms with E-state index in [9.17, 15) is 0 Å². The van der Waals surface area contributed by atoms with Crippen molar-refractivity contribution in [3.05, 3.63) is 57.8 Å². The van der Waals surface area contributed by atoms with E-state index >= 15 is 0 Å². The topological polar surface area (TPSA) is 19.0 Å². The highest BCUT2D eigenvalue weighted by Crippen LogP contribution is 2.33. The van der Waals surface area contributed by atoms with Crippen LogP contribution in [0.4, 0.5) is 0 Å². The van der Waals surface area contributed by atoms with E-state index in [-0.39, 0.29) is 0 Å². The molecule has 0 saturated carbocycles. The van der Waals surface area contributed by atoms with Crippen molar-refractivity contribution in [2.24, 2.45) is 0 Å². The first-order chi connectivity index (χ1) is 8.75. The minimum Gasteiger partial charge on any atom is -0.363 e. The Morgan fingerprint density at radius 1 is 1.28 bits per heavy atom. The zero-order chi connectivity index (χ0) is 12.5. The standard InChI is InChI=1S/C15H17BrN2/c1-18-8-7-12-14(16)9-17-15(12)13(10-18)11-5-3-2-4-6-11/h2-6,9,13,17H,7-8,10H2,1H3. The summed E-state index contributed by atoms with van der Waals surface area (Å²) in [6, 6.07) is 10.8. The molecule has 3 rings (SSSR count). The normalized spacial score (nSPS) is 20.4. The first-order valence-electron chi connectivity index (χ1n) is 6.35. The van der Waals surface area contributed by atoms with Crippen molar-refractivity contribution in [2.75, 3.05) is 20.1 Å². The number of nitrogens with one attached hydrogen (secondary N) is 1. The first-order valence-corrected chi connectivity index (χ1v) is 7.14. The van der Waals surface area contributed by atoms with Gasteiger partial charge in [0.05, 0.1) is 0 Å². The molecule has 1 unspecified atom stereocenters. The van der Waals surface area contributed by atoms with Gasteiger partial charge in [-0.25, -0.2) is 0 Å². The predicted molar refractivity (Wildman–Crippen MR) is 78.0 cm³/mol. The van der Waals surface area contributed by atoms with E-state index in [2.05, 4.69) is 69.4 Å². The average Bonchev–Trinajstić information content (AvgIpc) is 2.66. The molecular formula is C15H17BrN2. The summed E-state index contributed by atoms with van der Waals surface area (Å²) >= 11 is 3.66. The molecule has 2 nitrogen and oxygen atoms in total. The number of benzene rings is 1. The molecule has 3 heteroatoms. The van der Waals surface area contributed by atoms with Crippen LogP contribution in [-0.2, 0) is 6.42 Å². The van der Waals surface area contributed by atoms with Crippen molar-refractivity contribution in [3.8, 4) is 0 Å². The van der Waals surface area contributed by atoms with Gasteiger partial charge in [0.2, 0.25) is 0 Å². The molecule has 18 heavy (non-hydrogen) atoms. The molecule has 1 aliphatic heterocycles. The summed E-state index contributed by atoms with van der Waals surface area (Å²) in [6.07, 6.45) is 3.19. The second-order valence-corrected chi connectivity index (χ2v) is 5.86. The van der Waals surface area contributed by atoms with Crippen LogP contribution in [0.3, 0.4) is 0 Å². The van der Waals surface area contributed by atoms with Crippen LogP contribution in [0.25, 0.3) is 0 Å². The van der Waals surface area contributed by atoms with Crippen LogP contribution in [-0.4, -0.2) is 30.0 Å². The molecule has 94 valence electrons. The lowest BCUT2D eigenvalue weighted by Gasteiger charge is -2.20. The van der Waals surface area contributed by atoms with Crippen LogP contribution in [0.5, 0.6) is 0 Å².